The van der Waals surface area contributed by atoms with Crippen LogP contribution in [0.5, 0.6) is 0 Å². The highest BCUT2D eigenvalue weighted by Crippen LogP contribution is 1.95. The van der Waals surface area contributed by atoms with Gasteiger partial charge >= 0.3 is 5.97 Å². The van der Waals surface area contributed by atoms with Crippen molar-refractivity contribution in [1.82, 2.24) is 5.32 Å². The standard InChI is InChI=1S/C7H15N3O2/c8-3-1-2-6(7(11)12)10-5-4-9/h4,6,9-10H,1-3,5,8H2,(H,11,12). The van der Waals surface area contributed by atoms with Crippen LogP contribution in [0.3, 0.4) is 0 Å². The Morgan fingerprint density at radius 3 is 2.83 bits per heavy atom. The van der Waals surface area contributed by atoms with Gasteiger partial charge in [-0.25, -0.2) is 0 Å². The molecule has 0 bridgehead atoms. The fraction of sp³-hybridized carbons (Fsp3) is 0.714. The maximum Gasteiger partial charge on any atom is 0.320 e. The molecule has 0 aliphatic carbocycles. The van der Waals surface area contributed by atoms with Crippen molar-refractivity contribution < 1.29 is 9.90 Å². The van der Waals surface area contributed by atoms with Gasteiger partial charge in [0, 0.05) is 12.8 Å². The lowest BCUT2D eigenvalue weighted by atomic mass is 10.1. The fourth-order valence-corrected chi connectivity index (χ4v) is 0.836. The zero-order valence-electron chi connectivity index (χ0n) is 6.92. The molecule has 5 nitrogen and oxygen atoms in total. The lowest BCUT2D eigenvalue weighted by molar-refractivity contribution is -0.139. The Kier molecular flexibility index (Phi) is 6.22. The predicted octanol–water partition coefficient (Wildman–Crippen LogP) is -0.582. The van der Waals surface area contributed by atoms with Crippen molar-refractivity contribution in [3.05, 3.63) is 0 Å². The van der Waals surface area contributed by atoms with E-state index in [1.165, 1.54) is 0 Å². The van der Waals surface area contributed by atoms with Crippen molar-refractivity contribution in [1.29, 1.82) is 5.41 Å². The van der Waals surface area contributed by atoms with E-state index in [0.29, 0.717) is 25.9 Å². The summed E-state index contributed by atoms with van der Waals surface area (Å²) in [6.45, 7) is 0.789. The highest BCUT2D eigenvalue weighted by Gasteiger charge is 2.14. The molecule has 0 rings (SSSR count). The molecule has 5 N–H and O–H groups in total. The smallest absolute Gasteiger partial charge is 0.320 e. The van der Waals surface area contributed by atoms with E-state index in [-0.39, 0.29) is 0 Å². The van der Waals surface area contributed by atoms with E-state index in [0.717, 1.165) is 6.21 Å². The highest BCUT2D eigenvalue weighted by molar-refractivity contribution is 5.74. The molecule has 0 fully saturated rings. The number of rotatable bonds is 7. The summed E-state index contributed by atoms with van der Waals surface area (Å²) in [4.78, 5) is 10.5. The lowest BCUT2D eigenvalue weighted by Crippen LogP contribution is -2.37. The average molecular weight is 173 g/mol. The van der Waals surface area contributed by atoms with Crippen LogP contribution in [0.25, 0.3) is 0 Å². The van der Waals surface area contributed by atoms with E-state index < -0.39 is 12.0 Å². The first-order valence-corrected chi connectivity index (χ1v) is 3.87. The normalized spacial score (nSPS) is 12.4. The molecule has 0 aromatic heterocycles. The van der Waals surface area contributed by atoms with Crippen LogP contribution in [0.4, 0.5) is 0 Å². The molecule has 5 heteroatoms. The minimum absolute atomic E-state index is 0.293. The zero-order valence-corrected chi connectivity index (χ0v) is 6.92. The number of hydrogen-bond acceptors (Lipinski definition) is 4. The van der Waals surface area contributed by atoms with Crippen LogP contribution in [-0.2, 0) is 4.79 Å². The van der Waals surface area contributed by atoms with Crippen LogP contribution in [-0.4, -0.2) is 36.4 Å². The Labute approximate surface area is 71.5 Å². The van der Waals surface area contributed by atoms with Gasteiger partial charge in [-0.15, -0.1) is 0 Å². The Morgan fingerprint density at radius 2 is 2.42 bits per heavy atom. The van der Waals surface area contributed by atoms with E-state index in [4.69, 9.17) is 16.2 Å². The van der Waals surface area contributed by atoms with Crippen LogP contribution in [0.15, 0.2) is 0 Å². The van der Waals surface area contributed by atoms with Gasteiger partial charge in [-0.1, -0.05) is 0 Å². The number of nitrogens with two attached hydrogens (primary N) is 1. The van der Waals surface area contributed by atoms with Crippen LogP contribution in [0.2, 0.25) is 0 Å². The summed E-state index contributed by atoms with van der Waals surface area (Å²) in [6.07, 6.45) is 2.33. The molecular weight excluding hydrogens is 158 g/mol. The molecule has 0 heterocycles. The second-order valence-electron chi connectivity index (χ2n) is 2.43. The summed E-state index contributed by atoms with van der Waals surface area (Å²) in [6, 6.07) is -0.574. The predicted molar refractivity (Wildman–Crippen MR) is 46.5 cm³/mol. The van der Waals surface area contributed by atoms with Gasteiger partial charge in [-0.2, -0.15) is 0 Å². The van der Waals surface area contributed by atoms with Gasteiger partial charge in [0.05, 0.1) is 0 Å². The summed E-state index contributed by atoms with van der Waals surface area (Å²) < 4.78 is 0. The number of carboxylic acids is 1. The Morgan fingerprint density at radius 1 is 1.75 bits per heavy atom. The van der Waals surface area contributed by atoms with Gasteiger partial charge in [-0.05, 0) is 19.4 Å². The number of nitrogens with one attached hydrogen (secondary N) is 2. The van der Waals surface area contributed by atoms with Gasteiger partial charge in [0.1, 0.15) is 6.04 Å². The van der Waals surface area contributed by atoms with Gasteiger partial charge in [-0.3, -0.25) is 10.1 Å². The minimum Gasteiger partial charge on any atom is -0.480 e. The van der Waals surface area contributed by atoms with Crippen LogP contribution in [0, 0.1) is 5.41 Å². The third-order valence-electron chi connectivity index (χ3n) is 1.46. The molecule has 0 saturated carbocycles. The highest BCUT2D eigenvalue weighted by atomic mass is 16.4. The first kappa shape index (κ1) is 11.1. The molecule has 1 unspecified atom stereocenters. The molecule has 0 aliphatic rings. The van der Waals surface area contributed by atoms with E-state index in [2.05, 4.69) is 5.32 Å². The first-order chi connectivity index (χ1) is 5.72. The lowest BCUT2D eigenvalue weighted by Gasteiger charge is -2.11. The molecule has 0 aromatic carbocycles. The Balaban J connectivity index is 3.69. The summed E-state index contributed by atoms with van der Waals surface area (Å²) in [5.41, 5.74) is 5.24. The first-order valence-electron chi connectivity index (χ1n) is 3.87. The van der Waals surface area contributed by atoms with Crippen LogP contribution < -0.4 is 11.1 Å². The van der Waals surface area contributed by atoms with Gasteiger partial charge in [0.15, 0.2) is 0 Å². The second-order valence-corrected chi connectivity index (χ2v) is 2.43. The summed E-state index contributed by atoms with van der Waals surface area (Å²) in [5.74, 6) is -0.884. The van der Waals surface area contributed by atoms with Crippen molar-refractivity contribution in [2.75, 3.05) is 13.1 Å². The van der Waals surface area contributed by atoms with Crippen molar-refractivity contribution >= 4 is 12.2 Å². The quantitative estimate of drug-likeness (QED) is 0.387. The van der Waals surface area contributed by atoms with Crippen molar-refractivity contribution in [3.8, 4) is 0 Å². The zero-order chi connectivity index (χ0) is 9.40. The van der Waals surface area contributed by atoms with E-state index in [1.54, 1.807) is 0 Å². The number of aliphatic carboxylic acids is 1. The van der Waals surface area contributed by atoms with Crippen LogP contribution in [0.1, 0.15) is 12.8 Å². The van der Waals surface area contributed by atoms with Gasteiger partial charge in [0.25, 0.3) is 0 Å². The second kappa shape index (κ2) is 6.75. The molecular formula is C7H15N3O2. The van der Waals surface area contributed by atoms with Crippen molar-refractivity contribution in [2.24, 2.45) is 5.73 Å². The van der Waals surface area contributed by atoms with Crippen LogP contribution >= 0.6 is 0 Å². The molecule has 1 atom stereocenters. The number of carboxylic acid groups (broad SMARTS) is 1. The molecule has 12 heavy (non-hydrogen) atoms. The van der Waals surface area contributed by atoms with Gasteiger partial charge in [0.2, 0.25) is 0 Å². The fourth-order valence-electron chi connectivity index (χ4n) is 0.836. The number of hydrogen-bond donors (Lipinski definition) is 4. The molecule has 0 amide bonds. The molecule has 0 saturated heterocycles. The van der Waals surface area contributed by atoms with Gasteiger partial charge < -0.3 is 16.2 Å². The third-order valence-corrected chi connectivity index (χ3v) is 1.46. The SMILES string of the molecule is N=CCNC(CCCN)C(=O)O. The molecule has 0 aliphatic heterocycles. The van der Waals surface area contributed by atoms with E-state index in [1.807, 2.05) is 0 Å². The molecule has 0 radical (unpaired) electrons. The maximum absolute atomic E-state index is 10.5. The van der Waals surface area contributed by atoms with Crippen molar-refractivity contribution in [3.63, 3.8) is 0 Å². The van der Waals surface area contributed by atoms with E-state index >= 15 is 0 Å². The summed E-state index contributed by atoms with van der Waals surface area (Å²) in [5, 5.41) is 18.1. The minimum atomic E-state index is -0.884. The maximum atomic E-state index is 10.5. The summed E-state index contributed by atoms with van der Waals surface area (Å²) in [7, 11) is 0. The largest absolute Gasteiger partial charge is 0.480 e. The van der Waals surface area contributed by atoms with Crippen molar-refractivity contribution in [2.45, 2.75) is 18.9 Å². The molecule has 70 valence electrons. The average Bonchev–Trinajstić information content (AvgIpc) is 2.04. The summed E-state index contributed by atoms with van der Waals surface area (Å²) >= 11 is 0. The monoisotopic (exact) mass is 173 g/mol. The number of carbonyl (C=O) groups is 1. The van der Waals surface area contributed by atoms with E-state index in [9.17, 15) is 4.79 Å². The Hall–Kier alpha value is -0.940. The Bertz CT molecular complexity index is 150. The molecule has 0 spiro atoms. The topological polar surface area (TPSA) is 99.2 Å². The molecule has 0 aromatic rings. The third kappa shape index (κ3) is 4.81.